The van der Waals surface area contributed by atoms with E-state index >= 15 is 0 Å². The number of carbonyl (C=O) groups is 2. The van der Waals surface area contributed by atoms with Gasteiger partial charge in [0.25, 0.3) is 0 Å². The lowest BCUT2D eigenvalue weighted by molar-refractivity contribution is -0.151. The number of nitrogens with one attached hydrogen (secondary N) is 1. The Balaban J connectivity index is 1.89. The van der Waals surface area contributed by atoms with Gasteiger partial charge in [-0.2, -0.15) is 0 Å². The minimum Gasteiger partial charge on any atom is -0.480 e. The van der Waals surface area contributed by atoms with Crippen LogP contribution in [0.1, 0.15) is 36.8 Å². The number of rotatable bonds is 5. The number of hydrogen-bond acceptors (Lipinski definition) is 2. The average molecular weight is 296 g/mol. The van der Waals surface area contributed by atoms with Crippen LogP contribution in [0, 0.1) is 6.92 Å². The summed E-state index contributed by atoms with van der Waals surface area (Å²) in [4.78, 5) is 23.0. The quantitative estimate of drug-likeness (QED) is 0.878. The van der Waals surface area contributed by atoms with Crippen molar-refractivity contribution in [2.75, 3.05) is 0 Å². The number of aliphatic carboxylic acids is 1. The minimum atomic E-state index is -1.03. The first kappa shape index (κ1) is 14.9. The summed E-state index contributed by atoms with van der Waals surface area (Å²) in [5.41, 5.74) is 0.954. The third-order valence-electron chi connectivity index (χ3n) is 3.87. The summed E-state index contributed by atoms with van der Waals surface area (Å²) in [5, 5.41) is 12.5. The second-order valence-corrected chi connectivity index (χ2v) is 5.78. The number of benzene rings is 1. The Bertz CT molecular complexity index is 538. The second kappa shape index (κ2) is 5.83. The summed E-state index contributed by atoms with van der Waals surface area (Å²) in [6, 6.07) is 5.70. The Morgan fingerprint density at radius 2 is 2.10 bits per heavy atom. The highest BCUT2D eigenvalue weighted by molar-refractivity contribution is 6.31. The fourth-order valence-corrected chi connectivity index (χ4v) is 2.50. The number of carboxylic acids is 1. The van der Waals surface area contributed by atoms with Gasteiger partial charge in [0.05, 0.1) is 0 Å². The number of carbonyl (C=O) groups excluding carboxylic acids is 1. The van der Waals surface area contributed by atoms with Crippen molar-refractivity contribution in [3.8, 4) is 0 Å². The topological polar surface area (TPSA) is 66.4 Å². The number of carboxylic acid groups (broad SMARTS) is 1. The normalized spacial score (nSPS) is 16.3. The highest BCUT2D eigenvalue weighted by atomic mass is 35.5. The molecule has 1 saturated carbocycles. The van der Waals surface area contributed by atoms with Crippen molar-refractivity contribution in [2.24, 2.45) is 0 Å². The molecular formula is C15H18ClNO3. The molecule has 108 valence electrons. The molecular weight excluding hydrogens is 278 g/mol. The van der Waals surface area contributed by atoms with Crippen LogP contribution < -0.4 is 5.32 Å². The lowest BCUT2D eigenvalue weighted by Crippen LogP contribution is -2.59. The van der Waals surface area contributed by atoms with Crippen molar-refractivity contribution < 1.29 is 14.7 Å². The standard InChI is InChI=1S/C15H18ClNO3/c1-10-3-4-11(9-12(10)16)5-6-13(18)17-15(14(19)20)7-2-8-15/h3-4,9H,2,5-8H2,1H3,(H,17,18)(H,19,20). The number of hydrogen-bond donors (Lipinski definition) is 2. The van der Waals surface area contributed by atoms with Gasteiger partial charge in [-0.15, -0.1) is 0 Å². The predicted octanol–water partition coefficient (Wildman–Crippen LogP) is 2.70. The van der Waals surface area contributed by atoms with E-state index in [0.29, 0.717) is 24.3 Å². The van der Waals surface area contributed by atoms with Gasteiger partial charge in [0.2, 0.25) is 5.91 Å². The maximum absolute atomic E-state index is 11.9. The molecule has 1 aromatic rings. The molecule has 1 fully saturated rings. The molecule has 0 aromatic heterocycles. The molecule has 2 rings (SSSR count). The van der Waals surface area contributed by atoms with E-state index in [1.807, 2.05) is 25.1 Å². The Morgan fingerprint density at radius 3 is 2.60 bits per heavy atom. The first-order chi connectivity index (χ1) is 9.43. The van der Waals surface area contributed by atoms with E-state index in [-0.39, 0.29) is 12.3 Å². The van der Waals surface area contributed by atoms with Crippen LogP contribution in [0.5, 0.6) is 0 Å². The van der Waals surface area contributed by atoms with E-state index in [0.717, 1.165) is 17.5 Å². The number of aryl methyl sites for hydroxylation is 2. The maximum atomic E-state index is 11.9. The zero-order chi connectivity index (χ0) is 14.8. The SMILES string of the molecule is Cc1ccc(CCC(=O)NC2(C(=O)O)CCC2)cc1Cl. The minimum absolute atomic E-state index is 0.219. The zero-order valence-corrected chi connectivity index (χ0v) is 12.2. The molecule has 0 radical (unpaired) electrons. The summed E-state index contributed by atoms with van der Waals surface area (Å²) in [5.74, 6) is -1.15. The smallest absolute Gasteiger partial charge is 0.329 e. The van der Waals surface area contributed by atoms with E-state index in [1.54, 1.807) is 0 Å². The van der Waals surface area contributed by atoms with Crippen LogP contribution in [0.25, 0.3) is 0 Å². The molecule has 0 bridgehead atoms. The van der Waals surface area contributed by atoms with Crippen LogP contribution >= 0.6 is 11.6 Å². The van der Waals surface area contributed by atoms with Crippen LogP contribution in [0.15, 0.2) is 18.2 Å². The van der Waals surface area contributed by atoms with Crippen molar-refractivity contribution in [1.82, 2.24) is 5.32 Å². The van der Waals surface area contributed by atoms with Gasteiger partial charge in [0.15, 0.2) is 0 Å². The lowest BCUT2D eigenvalue weighted by Gasteiger charge is -2.38. The van der Waals surface area contributed by atoms with Crippen molar-refractivity contribution in [1.29, 1.82) is 0 Å². The Labute approximate surface area is 123 Å². The van der Waals surface area contributed by atoms with Gasteiger partial charge in [0.1, 0.15) is 5.54 Å². The van der Waals surface area contributed by atoms with E-state index in [2.05, 4.69) is 5.32 Å². The zero-order valence-electron chi connectivity index (χ0n) is 11.4. The molecule has 20 heavy (non-hydrogen) atoms. The molecule has 0 spiro atoms. The number of halogens is 1. The van der Waals surface area contributed by atoms with E-state index < -0.39 is 11.5 Å². The summed E-state index contributed by atoms with van der Waals surface area (Å²) in [7, 11) is 0. The predicted molar refractivity (Wildman–Crippen MR) is 76.9 cm³/mol. The van der Waals surface area contributed by atoms with Crippen LogP contribution in [-0.2, 0) is 16.0 Å². The third kappa shape index (κ3) is 3.12. The number of amides is 1. The Kier molecular flexibility index (Phi) is 4.33. The molecule has 1 aliphatic carbocycles. The molecule has 4 nitrogen and oxygen atoms in total. The van der Waals surface area contributed by atoms with E-state index in [9.17, 15) is 9.59 Å². The maximum Gasteiger partial charge on any atom is 0.329 e. The van der Waals surface area contributed by atoms with Crippen molar-refractivity contribution in [3.05, 3.63) is 34.3 Å². The van der Waals surface area contributed by atoms with Crippen molar-refractivity contribution in [3.63, 3.8) is 0 Å². The second-order valence-electron chi connectivity index (χ2n) is 5.37. The highest BCUT2D eigenvalue weighted by Gasteiger charge is 2.45. The third-order valence-corrected chi connectivity index (χ3v) is 4.28. The van der Waals surface area contributed by atoms with Crippen molar-refractivity contribution >= 4 is 23.5 Å². The highest BCUT2D eigenvalue weighted by Crippen LogP contribution is 2.32. The fourth-order valence-electron chi connectivity index (χ4n) is 2.30. The summed E-state index contributed by atoms with van der Waals surface area (Å²) >= 11 is 6.03. The van der Waals surface area contributed by atoms with Gasteiger partial charge in [-0.1, -0.05) is 23.7 Å². The monoisotopic (exact) mass is 295 g/mol. The molecule has 1 amide bonds. The van der Waals surface area contributed by atoms with Gasteiger partial charge in [-0.25, -0.2) is 4.79 Å². The molecule has 0 unspecified atom stereocenters. The molecule has 0 atom stereocenters. The summed E-state index contributed by atoms with van der Waals surface area (Å²) < 4.78 is 0. The molecule has 0 saturated heterocycles. The molecule has 1 aromatic carbocycles. The first-order valence-electron chi connectivity index (χ1n) is 6.72. The van der Waals surface area contributed by atoms with Crippen LogP contribution in [0.4, 0.5) is 0 Å². The Morgan fingerprint density at radius 1 is 1.40 bits per heavy atom. The first-order valence-corrected chi connectivity index (χ1v) is 7.10. The van der Waals surface area contributed by atoms with Gasteiger partial charge in [0, 0.05) is 11.4 Å². The van der Waals surface area contributed by atoms with Gasteiger partial charge in [-0.05, 0) is 49.8 Å². The van der Waals surface area contributed by atoms with Crippen LogP contribution in [0.2, 0.25) is 5.02 Å². The summed E-state index contributed by atoms with van der Waals surface area (Å²) in [6.07, 6.45) is 2.71. The van der Waals surface area contributed by atoms with E-state index in [4.69, 9.17) is 16.7 Å². The fraction of sp³-hybridized carbons (Fsp3) is 0.467. The van der Waals surface area contributed by atoms with Gasteiger partial charge in [-0.3, -0.25) is 4.79 Å². The molecule has 5 heteroatoms. The van der Waals surface area contributed by atoms with Crippen molar-refractivity contribution in [2.45, 2.75) is 44.6 Å². The molecule has 1 aliphatic rings. The Hall–Kier alpha value is -1.55. The molecule has 2 N–H and O–H groups in total. The van der Waals surface area contributed by atoms with Gasteiger partial charge < -0.3 is 10.4 Å². The summed E-state index contributed by atoms with van der Waals surface area (Å²) in [6.45, 7) is 1.92. The molecule has 0 aliphatic heterocycles. The lowest BCUT2D eigenvalue weighted by atomic mass is 9.76. The van der Waals surface area contributed by atoms with Gasteiger partial charge >= 0.3 is 5.97 Å². The average Bonchev–Trinajstić information content (AvgIpc) is 2.35. The largest absolute Gasteiger partial charge is 0.480 e. The van der Waals surface area contributed by atoms with Crippen LogP contribution in [0.3, 0.4) is 0 Å². The molecule has 0 heterocycles. The van der Waals surface area contributed by atoms with E-state index in [1.165, 1.54) is 0 Å². The van der Waals surface area contributed by atoms with Crippen LogP contribution in [-0.4, -0.2) is 22.5 Å².